The van der Waals surface area contributed by atoms with Gasteiger partial charge in [-0.1, -0.05) is 13.8 Å². The fourth-order valence-corrected chi connectivity index (χ4v) is 5.94. The lowest BCUT2D eigenvalue weighted by atomic mass is 9.64. The molecule has 2 aliphatic heterocycles. The van der Waals surface area contributed by atoms with Gasteiger partial charge in [-0.2, -0.15) is 0 Å². The van der Waals surface area contributed by atoms with Crippen LogP contribution in [0, 0.1) is 17.8 Å². The van der Waals surface area contributed by atoms with Crippen molar-refractivity contribution in [3.05, 3.63) is 0 Å². The molecule has 1 N–H and O–H groups in total. The minimum Gasteiger partial charge on any atom is -0.344 e. The highest BCUT2D eigenvalue weighted by atomic mass is 31.2. The Morgan fingerprint density at radius 2 is 1.91 bits per heavy atom. The highest BCUT2D eigenvalue weighted by Gasteiger charge is 2.57. The molecule has 64 valence electrons. The van der Waals surface area contributed by atoms with Gasteiger partial charge >= 0.3 is 0 Å². The quantitative estimate of drug-likeness (QED) is 0.570. The van der Waals surface area contributed by atoms with Crippen molar-refractivity contribution in [2.45, 2.75) is 25.9 Å². The summed E-state index contributed by atoms with van der Waals surface area (Å²) in [5.41, 5.74) is 0.140. The Morgan fingerprint density at radius 1 is 1.36 bits per heavy atom. The Balaban J connectivity index is 2.27. The van der Waals surface area contributed by atoms with Crippen LogP contribution >= 0.6 is 7.37 Å². The molecule has 2 nitrogen and oxygen atoms in total. The summed E-state index contributed by atoms with van der Waals surface area (Å²) in [5.74, 6) is 1.76. The standard InChI is InChI=1S/C8H15O2P/c1-5-7-3-4-11(9,10)8(5)6(7)2/h5-8H,3-4H2,1-2H3,(H,9,10)/t5-,6?,7+,8?/m0/s1. The average Bonchev–Trinajstić information content (AvgIpc) is 1.85. The minimum atomic E-state index is -2.72. The van der Waals surface area contributed by atoms with Crippen molar-refractivity contribution >= 4 is 7.37 Å². The smallest absolute Gasteiger partial charge is 0.204 e. The van der Waals surface area contributed by atoms with Gasteiger partial charge in [0.2, 0.25) is 7.37 Å². The van der Waals surface area contributed by atoms with Crippen LogP contribution in [0.1, 0.15) is 20.3 Å². The van der Waals surface area contributed by atoms with E-state index in [4.69, 9.17) is 0 Å². The Labute approximate surface area is 67.5 Å². The molecule has 0 aromatic carbocycles. The van der Waals surface area contributed by atoms with Crippen molar-refractivity contribution in [2.24, 2.45) is 17.8 Å². The van der Waals surface area contributed by atoms with E-state index in [1.54, 1.807) is 0 Å². The molecule has 2 heterocycles. The van der Waals surface area contributed by atoms with Crippen molar-refractivity contribution in [3.8, 4) is 0 Å². The van der Waals surface area contributed by atoms with Crippen LogP contribution in [0.15, 0.2) is 0 Å². The second kappa shape index (κ2) is 2.11. The Kier molecular flexibility index (Phi) is 1.50. The molecule has 2 bridgehead atoms. The Morgan fingerprint density at radius 3 is 2.18 bits per heavy atom. The van der Waals surface area contributed by atoms with E-state index in [1.165, 1.54) is 0 Å². The highest BCUT2D eigenvalue weighted by Crippen LogP contribution is 2.67. The van der Waals surface area contributed by atoms with Crippen LogP contribution in [0.5, 0.6) is 0 Å². The normalized spacial score (nSPS) is 62.1. The fraction of sp³-hybridized carbons (Fsp3) is 1.00. The molecule has 0 amide bonds. The van der Waals surface area contributed by atoms with Crippen LogP contribution in [0.2, 0.25) is 0 Å². The van der Waals surface area contributed by atoms with Gasteiger partial charge in [0, 0.05) is 11.8 Å². The summed E-state index contributed by atoms with van der Waals surface area (Å²) in [6, 6.07) is 0. The highest BCUT2D eigenvalue weighted by molar-refractivity contribution is 7.59. The molecule has 0 radical (unpaired) electrons. The molecule has 3 unspecified atom stereocenters. The molecule has 11 heavy (non-hydrogen) atoms. The van der Waals surface area contributed by atoms with E-state index in [1.807, 2.05) is 0 Å². The van der Waals surface area contributed by atoms with Gasteiger partial charge in [-0.25, -0.2) is 0 Å². The van der Waals surface area contributed by atoms with E-state index in [0.29, 0.717) is 18.0 Å². The van der Waals surface area contributed by atoms with Crippen LogP contribution in [-0.2, 0) is 4.57 Å². The Bertz CT molecular complexity index is 216. The van der Waals surface area contributed by atoms with Crippen LogP contribution < -0.4 is 0 Å². The van der Waals surface area contributed by atoms with E-state index in [9.17, 15) is 9.46 Å². The predicted octanol–water partition coefficient (Wildman–Crippen LogP) is 1.93. The van der Waals surface area contributed by atoms with Crippen molar-refractivity contribution < 1.29 is 9.46 Å². The van der Waals surface area contributed by atoms with E-state index in [2.05, 4.69) is 13.8 Å². The van der Waals surface area contributed by atoms with Gasteiger partial charge in [0.05, 0.1) is 0 Å². The summed E-state index contributed by atoms with van der Waals surface area (Å²) in [6.07, 6.45) is 1.56. The van der Waals surface area contributed by atoms with Crippen molar-refractivity contribution in [1.29, 1.82) is 0 Å². The molecule has 3 aliphatic rings. The molecular formula is C8H15O2P. The molecule has 0 spiro atoms. The molecule has 3 fully saturated rings. The maximum absolute atomic E-state index is 11.6. The van der Waals surface area contributed by atoms with Crippen LogP contribution in [0.3, 0.4) is 0 Å². The maximum atomic E-state index is 11.6. The molecule has 1 saturated carbocycles. The molecule has 0 aromatic rings. The number of hydrogen-bond donors (Lipinski definition) is 1. The molecule has 3 heteroatoms. The molecule has 0 aromatic heterocycles. The second-order valence-corrected chi connectivity index (χ2v) is 6.70. The van der Waals surface area contributed by atoms with Gasteiger partial charge in [-0.05, 0) is 24.2 Å². The zero-order chi connectivity index (χ0) is 8.22. The van der Waals surface area contributed by atoms with Gasteiger partial charge in [0.25, 0.3) is 0 Å². The van der Waals surface area contributed by atoms with Crippen LogP contribution in [0.25, 0.3) is 0 Å². The summed E-state index contributed by atoms with van der Waals surface area (Å²) in [5, 5.41) is 0. The zero-order valence-corrected chi connectivity index (χ0v) is 7.92. The van der Waals surface area contributed by atoms with E-state index in [-0.39, 0.29) is 5.66 Å². The molecule has 5 atom stereocenters. The number of hydrogen-bond acceptors (Lipinski definition) is 1. The number of fused-ring (bicyclic) bond motifs is 2. The van der Waals surface area contributed by atoms with E-state index >= 15 is 0 Å². The summed E-state index contributed by atoms with van der Waals surface area (Å²) >= 11 is 0. The maximum Gasteiger partial charge on any atom is 0.204 e. The third-order valence-electron chi connectivity index (χ3n) is 3.68. The average molecular weight is 174 g/mol. The molecular weight excluding hydrogens is 159 g/mol. The van der Waals surface area contributed by atoms with Gasteiger partial charge in [0.1, 0.15) is 0 Å². The van der Waals surface area contributed by atoms with Gasteiger partial charge in [-0.15, -0.1) is 0 Å². The minimum absolute atomic E-state index is 0.140. The first-order chi connectivity index (χ1) is 5.04. The first-order valence-corrected chi connectivity index (χ1v) is 6.27. The molecule has 3 rings (SSSR count). The van der Waals surface area contributed by atoms with Crippen LogP contribution in [-0.4, -0.2) is 16.7 Å². The van der Waals surface area contributed by atoms with Crippen LogP contribution in [0.4, 0.5) is 0 Å². The topological polar surface area (TPSA) is 37.3 Å². The Hall–Kier alpha value is 0.190. The second-order valence-electron chi connectivity index (χ2n) is 4.14. The molecule has 1 aliphatic carbocycles. The van der Waals surface area contributed by atoms with Gasteiger partial charge in [-0.3, -0.25) is 4.57 Å². The number of rotatable bonds is 0. The first kappa shape index (κ1) is 7.82. The predicted molar refractivity (Wildman–Crippen MR) is 44.9 cm³/mol. The lowest BCUT2D eigenvalue weighted by molar-refractivity contribution is 0.0798. The van der Waals surface area contributed by atoms with Crippen molar-refractivity contribution in [3.63, 3.8) is 0 Å². The van der Waals surface area contributed by atoms with Gasteiger partial charge < -0.3 is 4.89 Å². The lowest BCUT2D eigenvalue weighted by Crippen LogP contribution is -2.52. The molecule has 2 saturated heterocycles. The lowest BCUT2D eigenvalue weighted by Gasteiger charge is -2.55. The van der Waals surface area contributed by atoms with Crippen molar-refractivity contribution in [1.82, 2.24) is 0 Å². The monoisotopic (exact) mass is 174 g/mol. The van der Waals surface area contributed by atoms with E-state index < -0.39 is 7.37 Å². The van der Waals surface area contributed by atoms with Gasteiger partial charge in [0.15, 0.2) is 0 Å². The van der Waals surface area contributed by atoms with Crippen molar-refractivity contribution in [2.75, 3.05) is 6.16 Å². The third-order valence-corrected chi connectivity index (χ3v) is 6.45. The summed E-state index contributed by atoms with van der Waals surface area (Å²) in [4.78, 5) is 9.58. The first-order valence-electron chi connectivity index (χ1n) is 4.35. The largest absolute Gasteiger partial charge is 0.344 e. The SMILES string of the molecule is CC1C2[C@@H](C)[C@H]1CCP2(=O)O. The zero-order valence-electron chi connectivity index (χ0n) is 7.03. The third kappa shape index (κ3) is 0.860. The van der Waals surface area contributed by atoms with E-state index in [0.717, 1.165) is 12.3 Å². The summed E-state index contributed by atoms with van der Waals surface area (Å²) in [7, 11) is -2.72. The summed E-state index contributed by atoms with van der Waals surface area (Å²) in [6.45, 7) is 4.24. The fourth-order valence-electron chi connectivity index (χ4n) is 3.06. The summed E-state index contributed by atoms with van der Waals surface area (Å²) < 4.78 is 11.6.